The zero-order valence-corrected chi connectivity index (χ0v) is 24.6. The van der Waals surface area contributed by atoms with Crippen molar-refractivity contribution in [2.45, 2.75) is 72.1 Å². The number of fused-ring (bicyclic) bond motifs is 1. The van der Waals surface area contributed by atoms with Gasteiger partial charge in [0.25, 0.3) is 0 Å². The van der Waals surface area contributed by atoms with Crippen molar-refractivity contribution in [2.75, 3.05) is 26.2 Å². The quantitative estimate of drug-likeness (QED) is 0.336. The van der Waals surface area contributed by atoms with E-state index >= 15 is 0 Å². The number of halogens is 1. The number of amides is 3. The van der Waals surface area contributed by atoms with E-state index < -0.39 is 35.4 Å². The average Bonchev–Trinajstić information content (AvgIpc) is 3.41. The van der Waals surface area contributed by atoms with Crippen LogP contribution in [0.15, 0.2) is 42.5 Å². The van der Waals surface area contributed by atoms with Gasteiger partial charge in [0.15, 0.2) is 0 Å². The van der Waals surface area contributed by atoms with Crippen LogP contribution in [0.25, 0.3) is 10.8 Å². The first-order valence-corrected chi connectivity index (χ1v) is 13.7. The highest BCUT2D eigenvalue weighted by Crippen LogP contribution is 2.25. The molecular weight excluding hydrogens is 516 g/mol. The fourth-order valence-corrected chi connectivity index (χ4v) is 4.66. The molecule has 1 heterocycles. The van der Waals surface area contributed by atoms with Gasteiger partial charge in [-0.25, -0.2) is 0 Å². The van der Waals surface area contributed by atoms with Crippen molar-refractivity contribution in [1.82, 2.24) is 20.9 Å². The Balaban J connectivity index is 0.00000533. The Hall–Kier alpha value is -2.52. The first-order valence-electron chi connectivity index (χ1n) is 13.7. The number of hydrogen-bond acceptors (Lipinski definition) is 6. The Labute approximate surface area is 238 Å². The molecule has 1 saturated heterocycles. The van der Waals surface area contributed by atoms with Gasteiger partial charge in [-0.05, 0) is 48.2 Å². The molecule has 216 valence electrons. The predicted molar refractivity (Wildman–Crippen MR) is 158 cm³/mol. The van der Waals surface area contributed by atoms with Gasteiger partial charge >= 0.3 is 0 Å². The van der Waals surface area contributed by atoms with Crippen LogP contribution in [0, 0.1) is 11.3 Å². The maximum atomic E-state index is 13.7. The summed E-state index contributed by atoms with van der Waals surface area (Å²) < 4.78 is 0. The lowest BCUT2D eigenvalue weighted by molar-refractivity contribution is -0.157. The van der Waals surface area contributed by atoms with Crippen LogP contribution in [0.3, 0.4) is 0 Å². The van der Waals surface area contributed by atoms with Gasteiger partial charge in [-0.3, -0.25) is 19.3 Å². The van der Waals surface area contributed by atoms with Crippen LogP contribution >= 0.6 is 12.4 Å². The van der Waals surface area contributed by atoms with E-state index in [0.717, 1.165) is 29.3 Å². The second-order valence-corrected chi connectivity index (χ2v) is 11.8. The third kappa shape index (κ3) is 9.28. The molecule has 0 radical (unpaired) electrons. The maximum absolute atomic E-state index is 13.7. The van der Waals surface area contributed by atoms with Crippen molar-refractivity contribution < 1.29 is 19.5 Å². The van der Waals surface area contributed by atoms with Crippen LogP contribution in [0.2, 0.25) is 0 Å². The minimum atomic E-state index is -1.05. The van der Waals surface area contributed by atoms with Crippen molar-refractivity contribution in [3.63, 3.8) is 0 Å². The summed E-state index contributed by atoms with van der Waals surface area (Å²) in [6, 6.07) is 12.3. The molecule has 0 bridgehead atoms. The normalized spacial score (nSPS) is 16.9. The Morgan fingerprint density at radius 3 is 2.36 bits per heavy atom. The first-order chi connectivity index (χ1) is 18.0. The van der Waals surface area contributed by atoms with Gasteiger partial charge in [0.2, 0.25) is 17.7 Å². The lowest BCUT2D eigenvalue weighted by Crippen LogP contribution is -2.60. The van der Waals surface area contributed by atoms with E-state index in [1.54, 1.807) is 20.8 Å². The summed E-state index contributed by atoms with van der Waals surface area (Å²) in [7, 11) is 0. The molecule has 0 spiro atoms. The number of rotatable bonds is 11. The van der Waals surface area contributed by atoms with Crippen LogP contribution in [-0.2, 0) is 20.8 Å². The first kappa shape index (κ1) is 32.7. The van der Waals surface area contributed by atoms with E-state index in [0.29, 0.717) is 25.4 Å². The molecule has 8 nitrogen and oxygen atoms in total. The molecule has 0 saturated carbocycles. The Kier molecular flexibility index (Phi) is 12.4. The van der Waals surface area contributed by atoms with Gasteiger partial charge in [-0.1, -0.05) is 77.1 Å². The second kappa shape index (κ2) is 14.7. The summed E-state index contributed by atoms with van der Waals surface area (Å²) in [5.41, 5.74) is -0.0157. The summed E-state index contributed by atoms with van der Waals surface area (Å²) in [6.07, 6.45) is 0.846. The van der Waals surface area contributed by atoms with Gasteiger partial charge in [-0.2, -0.15) is 0 Å². The minimum Gasteiger partial charge on any atom is -0.390 e. The summed E-state index contributed by atoms with van der Waals surface area (Å²) in [4.78, 5) is 42.3. The molecule has 3 amide bonds. The molecular formula is C30H45ClN4O4. The van der Waals surface area contributed by atoms with E-state index in [1.807, 2.05) is 42.5 Å². The minimum absolute atomic E-state index is 0. The molecule has 2 aromatic rings. The Bertz CT molecular complexity index is 1110. The number of carbonyl (C=O) groups is 3. The fourth-order valence-electron chi connectivity index (χ4n) is 4.66. The highest BCUT2D eigenvalue weighted by molar-refractivity contribution is 6.04. The maximum Gasteiger partial charge on any atom is 0.247 e. The van der Waals surface area contributed by atoms with Gasteiger partial charge < -0.3 is 21.1 Å². The molecule has 0 unspecified atom stereocenters. The number of nitrogens with one attached hydrogen (secondary N) is 3. The number of nitrogens with zero attached hydrogens (tertiary/aromatic N) is 1. The monoisotopic (exact) mass is 560 g/mol. The number of imide groups is 1. The molecule has 2 aromatic carbocycles. The SMILES string of the molecule is CC(C)CNC[C@@H](O)CNC(=O)[C@@H](Cc1ccc2ccccc2c1)N(C(=O)[C@@H]1CCCN1)C(=O)C(C)(C)C.Cl. The van der Waals surface area contributed by atoms with E-state index in [9.17, 15) is 19.5 Å². The van der Waals surface area contributed by atoms with Gasteiger partial charge in [-0.15, -0.1) is 12.4 Å². The van der Waals surface area contributed by atoms with Gasteiger partial charge in [0, 0.05) is 24.9 Å². The third-order valence-corrected chi connectivity index (χ3v) is 6.76. The number of aliphatic hydroxyl groups excluding tert-OH is 1. The van der Waals surface area contributed by atoms with Crippen LogP contribution in [-0.4, -0.2) is 72.1 Å². The molecule has 1 aliphatic heterocycles. The zero-order chi connectivity index (χ0) is 27.9. The van der Waals surface area contributed by atoms with E-state index in [1.165, 1.54) is 4.90 Å². The summed E-state index contributed by atoms with van der Waals surface area (Å²) in [5, 5.41) is 21.7. The van der Waals surface area contributed by atoms with Crippen molar-refractivity contribution in [2.24, 2.45) is 11.3 Å². The van der Waals surface area contributed by atoms with Crippen LogP contribution in [0.5, 0.6) is 0 Å². The Morgan fingerprint density at radius 1 is 1.05 bits per heavy atom. The average molecular weight is 561 g/mol. The van der Waals surface area contributed by atoms with Gasteiger partial charge in [0.05, 0.1) is 12.1 Å². The van der Waals surface area contributed by atoms with Crippen molar-refractivity contribution >= 4 is 40.9 Å². The lowest BCUT2D eigenvalue weighted by atomic mass is 9.91. The number of carbonyl (C=O) groups excluding carboxylic acids is 3. The van der Waals surface area contributed by atoms with Crippen molar-refractivity contribution in [3.8, 4) is 0 Å². The molecule has 0 aliphatic carbocycles. The molecule has 4 N–H and O–H groups in total. The van der Waals surface area contributed by atoms with E-state index in [2.05, 4.69) is 29.8 Å². The highest BCUT2D eigenvalue weighted by Gasteiger charge is 2.42. The molecule has 3 rings (SSSR count). The predicted octanol–water partition coefficient (Wildman–Crippen LogP) is 3.05. The van der Waals surface area contributed by atoms with Crippen LogP contribution in [0.1, 0.15) is 53.0 Å². The summed E-state index contributed by atoms with van der Waals surface area (Å²) >= 11 is 0. The summed E-state index contributed by atoms with van der Waals surface area (Å²) in [5.74, 6) is -0.779. The number of benzene rings is 2. The number of aliphatic hydroxyl groups is 1. The molecule has 0 aromatic heterocycles. The molecule has 39 heavy (non-hydrogen) atoms. The molecule has 1 aliphatic rings. The van der Waals surface area contributed by atoms with E-state index in [-0.39, 0.29) is 31.3 Å². The van der Waals surface area contributed by atoms with E-state index in [4.69, 9.17) is 0 Å². The highest BCUT2D eigenvalue weighted by atomic mass is 35.5. The molecule has 9 heteroatoms. The standard InChI is InChI=1S/C30H44N4O4.ClH/c1-20(2)17-31-18-24(35)19-33-27(36)26(16-21-12-13-22-9-6-7-10-23(22)15-21)34(29(38)30(3,4)5)28(37)25-11-8-14-32-25;/h6-7,9-10,12-13,15,20,24-26,31-32,35H,8,11,14,16-19H2,1-5H3,(H,33,36);1H/t24-,25+,26-;/m1./s1. The summed E-state index contributed by atoms with van der Waals surface area (Å²) in [6.45, 7) is 11.2. The largest absolute Gasteiger partial charge is 0.390 e. The molecule has 1 fully saturated rings. The van der Waals surface area contributed by atoms with Gasteiger partial charge in [0.1, 0.15) is 6.04 Å². The van der Waals surface area contributed by atoms with Crippen molar-refractivity contribution in [3.05, 3.63) is 48.0 Å². The smallest absolute Gasteiger partial charge is 0.247 e. The zero-order valence-electron chi connectivity index (χ0n) is 23.8. The lowest BCUT2D eigenvalue weighted by Gasteiger charge is -2.35. The van der Waals surface area contributed by atoms with Crippen LogP contribution in [0.4, 0.5) is 0 Å². The topological polar surface area (TPSA) is 111 Å². The fraction of sp³-hybridized carbons (Fsp3) is 0.567. The number of hydrogen-bond donors (Lipinski definition) is 4. The van der Waals surface area contributed by atoms with Crippen molar-refractivity contribution in [1.29, 1.82) is 0 Å². The third-order valence-electron chi connectivity index (χ3n) is 6.76. The van der Waals surface area contributed by atoms with Crippen LogP contribution < -0.4 is 16.0 Å². The molecule has 3 atom stereocenters. The Morgan fingerprint density at radius 2 is 1.74 bits per heavy atom. The second-order valence-electron chi connectivity index (χ2n) is 11.8.